The highest BCUT2D eigenvalue weighted by molar-refractivity contribution is 5.47. The molecular weight excluding hydrogens is 434 g/mol. The largest absolute Gasteiger partial charge is 0.493 e. The van der Waals surface area contributed by atoms with Crippen molar-refractivity contribution in [3.05, 3.63) is 47.5 Å². The molecule has 0 saturated carbocycles. The van der Waals surface area contributed by atoms with Crippen LogP contribution in [0.4, 0.5) is 4.39 Å². The van der Waals surface area contributed by atoms with E-state index >= 15 is 0 Å². The van der Waals surface area contributed by atoms with Gasteiger partial charge < -0.3 is 18.9 Å². The number of hydrogen-bond acceptors (Lipinski definition) is 6. The van der Waals surface area contributed by atoms with Crippen molar-refractivity contribution in [3.8, 4) is 29.1 Å². The molecule has 2 aromatic rings. The summed E-state index contributed by atoms with van der Waals surface area (Å²) in [6, 6.07) is 13.9. The predicted octanol–water partition coefficient (Wildman–Crippen LogP) is 5.39. The first-order valence-electron chi connectivity index (χ1n) is 11.5. The second-order valence-electron chi connectivity index (χ2n) is 8.59. The molecule has 0 aromatic heterocycles. The molecule has 1 atom stereocenters. The molecular formula is C27H37FN2O4. The lowest BCUT2D eigenvalue weighted by Crippen LogP contribution is -2.33. The monoisotopic (exact) mass is 471 g/mol. The average Bonchev–Trinajstić information content (AvgIpc) is 2.87. The number of nitrogens with zero attached hydrogens (tertiary/aromatic N) is 2. The summed E-state index contributed by atoms with van der Waals surface area (Å²) in [5.74, 6) is 2.63. The van der Waals surface area contributed by atoms with E-state index in [1.165, 1.54) is 0 Å². The molecule has 0 spiro atoms. The zero-order chi connectivity index (χ0) is 25.1. The van der Waals surface area contributed by atoms with Gasteiger partial charge in [0.1, 0.15) is 6.80 Å². The Morgan fingerprint density at radius 2 is 1.47 bits per heavy atom. The standard InChI is InChI=1S/C27H37FN2O4/c1-20(2)27(18-29,22-9-11-24(32-4)26(17-22)34-6)13-7-14-30(19-28)15-12-21-8-10-23(31-3)25(16-21)33-5/h8-11,16-17,20H,7,12-15,19H2,1-6H3/t27-/m1/s1/i28-1. The number of hydrogen-bond donors (Lipinski definition) is 0. The molecule has 0 aliphatic rings. The van der Waals surface area contributed by atoms with Gasteiger partial charge in [0.15, 0.2) is 23.0 Å². The van der Waals surface area contributed by atoms with Gasteiger partial charge in [-0.3, -0.25) is 4.90 Å². The molecule has 7 heteroatoms. The van der Waals surface area contributed by atoms with Gasteiger partial charge in [-0.05, 0) is 60.6 Å². The Morgan fingerprint density at radius 3 is 2.00 bits per heavy atom. The van der Waals surface area contributed by atoms with E-state index < -0.39 is 12.2 Å². The lowest BCUT2D eigenvalue weighted by Gasteiger charge is -2.32. The maximum Gasteiger partial charge on any atom is 0.161 e. The van der Waals surface area contributed by atoms with E-state index in [2.05, 4.69) is 6.07 Å². The quantitative estimate of drug-likeness (QED) is 0.344. The number of rotatable bonds is 14. The minimum atomic E-state index is -0.703. The summed E-state index contributed by atoms with van der Waals surface area (Å²) >= 11 is 0. The van der Waals surface area contributed by atoms with Crippen LogP contribution < -0.4 is 18.9 Å². The number of ether oxygens (including phenoxy) is 4. The van der Waals surface area contributed by atoms with Crippen molar-refractivity contribution >= 4 is 0 Å². The van der Waals surface area contributed by atoms with Crippen LogP contribution in [0.25, 0.3) is 0 Å². The second kappa shape index (κ2) is 13.0. The zero-order valence-electron chi connectivity index (χ0n) is 21.2. The topological polar surface area (TPSA) is 64.0 Å². The molecule has 0 aliphatic heterocycles. The molecule has 0 amide bonds. The fourth-order valence-electron chi connectivity index (χ4n) is 4.27. The average molecular weight is 472 g/mol. The van der Waals surface area contributed by atoms with Crippen molar-refractivity contribution in [2.45, 2.75) is 38.5 Å². The first-order valence-corrected chi connectivity index (χ1v) is 11.5. The van der Waals surface area contributed by atoms with Crippen LogP contribution in [-0.4, -0.2) is 53.2 Å². The van der Waals surface area contributed by atoms with Gasteiger partial charge in [-0.1, -0.05) is 26.0 Å². The normalized spacial score (nSPS) is 12.8. The molecule has 2 aromatic carbocycles. The summed E-state index contributed by atoms with van der Waals surface area (Å²) in [6.45, 7) is 4.69. The van der Waals surface area contributed by atoms with E-state index in [1.54, 1.807) is 33.3 Å². The van der Waals surface area contributed by atoms with E-state index in [0.717, 1.165) is 11.1 Å². The molecule has 6 nitrogen and oxygen atoms in total. The third-order valence-corrected chi connectivity index (χ3v) is 6.46. The SMILES string of the molecule is COc1ccc(CCN(C[18F])CCC[C@](C#N)(c2ccc(OC)c(OC)c2)C(C)C)cc1OC. The Kier molecular flexibility index (Phi) is 10.5. The lowest BCUT2D eigenvalue weighted by molar-refractivity contribution is 0.178. The van der Waals surface area contributed by atoms with Gasteiger partial charge in [0, 0.05) is 13.1 Å². The summed E-state index contributed by atoms with van der Waals surface area (Å²) in [7, 11) is 6.38. The highest BCUT2D eigenvalue weighted by Crippen LogP contribution is 2.40. The van der Waals surface area contributed by atoms with Crippen molar-refractivity contribution in [1.82, 2.24) is 4.90 Å². The molecule has 2 rings (SSSR count). The summed E-state index contributed by atoms with van der Waals surface area (Å²) in [5.41, 5.74) is 1.24. The van der Waals surface area contributed by atoms with Crippen LogP contribution in [0, 0.1) is 17.2 Å². The van der Waals surface area contributed by atoms with Crippen LogP contribution in [0.15, 0.2) is 36.4 Å². The number of halogens is 1. The summed E-state index contributed by atoms with van der Waals surface area (Å²) in [6.07, 6.45) is 1.99. The Hall–Kier alpha value is -2.98. The van der Waals surface area contributed by atoms with Crippen molar-refractivity contribution in [3.63, 3.8) is 0 Å². The van der Waals surface area contributed by atoms with E-state index in [0.29, 0.717) is 55.4 Å². The Bertz CT molecular complexity index is 960. The van der Waals surface area contributed by atoms with Crippen LogP contribution in [-0.2, 0) is 11.8 Å². The zero-order valence-corrected chi connectivity index (χ0v) is 21.2. The molecule has 0 heterocycles. The van der Waals surface area contributed by atoms with Gasteiger partial charge in [-0.2, -0.15) is 5.26 Å². The molecule has 0 aliphatic carbocycles. The first kappa shape index (κ1) is 27.3. The molecule has 0 saturated heterocycles. The van der Waals surface area contributed by atoms with Gasteiger partial charge in [-0.15, -0.1) is 0 Å². The summed E-state index contributed by atoms with van der Waals surface area (Å²) in [5, 5.41) is 10.2. The first-order chi connectivity index (χ1) is 16.4. The Labute approximate surface area is 203 Å². The van der Waals surface area contributed by atoms with Crippen LogP contribution in [0.1, 0.15) is 37.8 Å². The summed E-state index contributed by atoms with van der Waals surface area (Å²) < 4.78 is 35.2. The molecule has 186 valence electrons. The fraction of sp³-hybridized carbons (Fsp3) is 0.519. The van der Waals surface area contributed by atoms with E-state index in [-0.39, 0.29) is 5.92 Å². The molecule has 34 heavy (non-hydrogen) atoms. The van der Waals surface area contributed by atoms with Gasteiger partial charge in [-0.25, -0.2) is 4.39 Å². The van der Waals surface area contributed by atoms with Crippen molar-refractivity contribution < 1.29 is 23.3 Å². The number of nitriles is 1. The second-order valence-corrected chi connectivity index (χ2v) is 8.59. The van der Waals surface area contributed by atoms with Gasteiger partial charge in [0.2, 0.25) is 0 Å². The number of benzene rings is 2. The van der Waals surface area contributed by atoms with Gasteiger partial charge in [0.05, 0.1) is 39.9 Å². The lowest BCUT2D eigenvalue weighted by atomic mass is 9.69. The number of methoxy groups -OCH3 is 4. The van der Waals surface area contributed by atoms with Crippen molar-refractivity contribution in [2.75, 3.05) is 48.3 Å². The minimum Gasteiger partial charge on any atom is -0.493 e. The smallest absolute Gasteiger partial charge is 0.161 e. The predicted molar refractivity (Wildman–Crippen MR) is 132 cm³/mol. The van der Waals surface area contributed by atoms with E-state index in [4.69, 9.17) is 18.9 Å². The van der Waals surface area contributed by atoms with Crippen LogP contribution in [0.3, 0.4) is 0 Å². The van der Waals surface area contributed by atoms with Crippen LogP contribution in [0.2, 0.25) is 0 Å². The van der Waals surface area contributed by atoms with Crippen molar-refractivity contribution in [1.29, 1.82) is 5.26 Å². The minimum absolute atomic E-state index is 0.0705. The number of alkyl halides is 1. The molecule has 0 radical (unpaired) electrons. The fourth-order valence-corrected chi connectivity index (χ4v) is 4.27. The summed E-state index contributed by atoms with van der Waals surface area (Å²) in [4.78, 5) is 1.77. The maximum absolute atomic E-state index is 13.8. The highest BCUT2D eigenvalue weighted by atomic mass is 18.2. The van der Waals surface area contributed by atoms with Crippen molar-refractivity contribution in [2.24, 2.45) is 5.92 Å². The third-order valence-electron chi connectivity index (χ3n) is 6.46. The Balaban J connectivity index is 2.07. The highest BCUT2D eigenvalue weighted by Gasteiger charge is 2.36. The Morgan fingerprint density at radius 1 is 0.882 bits per heavy atom. The third kappa shape index (κ3) is 6.32. The molecule has 0 unspecified atom stereocenters. The van der Waals surface area contributed by atoms with Gasteiger partial charge >= 0.3 is 0 Å². The van der Waals surface area contributed by atoms with Crippen LogP contribution in [0.5, 0.6) is 23.0 Å². The molecule has 0 bridgehead atoms. The van der Waals surface area contributed by atoms with E-state index in [9.17, 15) is 9.65 Å². The van der Waals surface area contributed by atoms with Crippen LogP contribution >= 0.6 is 0 Å². The maximum atomic E-state index is 13.8. The van der Waals surface area contributed by atoms with Gasteiger partial charge in [0.25, 0.3) is 0 Å². The van der Waals surface area contributed by atoms with E-state index in [1.807, 2.05) is 50.2 Å². The molecule has 0 fully saturated rings. The molecule has 0 N–H and O–H groups in total.